The van der Waals surface area contributed by atoms with Crippen molar-refractivity contribution in [3.05, 3.63) is 47.7 Å². The van der Waals surface area contributed by atoms with Crippen LogP contribution in [-0.4, -0.2) is 23.1 Å². The van der Waals surface area contributed by atoms with Gasteiger partial charge in [-0.2, -0.15) is 4.98 Å². The molecule has 2 aromatic rings. The zero-order chi connectivity index (χ0) is 15.8. The molecule has 0 fully saturated rings. The SMILES string of the molecule is CCCN(CCC)c1nccc(NCc2ccccc2C)n1. The number of rotatable bonds is 8. The monoisotopic (exact) mass is 298 g/mol. The molecule has 0 saturated heterocycles. The van der Waals surface area contributed by atoms with Gasteiger partial charge in [-0.25, -0.2) is 4.98 Å². The molecule has 0 bridgehead atoms. The molecule has 1 heterocycles. The molecular weight excluding hydrogens is 272 g/mol. The molecule has 22 heavy (non-hydrogen) atoms. The van der Waals surface area contributed by atoms with Crippen LogP contribution in [0.15, 0.2) is 36.5 Å². The van der Waals surface area contributed by atoms with Gasteiger partial charge in [0.05, 0.1) is 0 Å². The van der Waals surface area contributed by atoms with Crippen LogP contribution in [0.1, 0.15) is 37.8 Å². The third kappa shape index (κ3) is 4.45. The highest BCUT2D eigenvalue weighted by atomic mass is 15.3. The molecule has 0 spiro atoms. The van der Waals surface area contributed by atoms with Crippen LogP contribution in [0.25, 0.3) is 0 Å². The van der Waals surface area contributed by atoms with Gasteiger partial charge in [0.1, 0.15) is 5.82 Å². The molecule has 4 heteroatoms. The number of anilines is 2. The predicted molar refractivity (Wildman–Crippen MR) is 93.3 cm³/mol. The lowest BCUT2D eigenvalue weighted by molar-refractivity contribution is 0.721. The molecule has 1 aromatic carbocycles. The fourth-order valence-electron chi connectivity index (χ4n) is 2.45. The zero-order valence-corrected chi connectivity index (χ0v) is 13.8. The Hall–Kier alpha value is -2.10. The average molecular weight is 298 g/mol. The molecule has 4 nitrogen and oxygen atoms in total. The summed E-state index contributed by atoms with van der Waals surface area (Å²) in [4.78, 5) is 11.3. The van der Waals surface area contributed by atoms with Crippen molar-refractivity contribution in [3.8, 4) is 0 Å². The lowest BCUT2D eigenvalue weighted by Crippen LogP contribution is -2.27. The summed E-state index contributed by atoms with van der Waals surface area (Å²) in [6.45, 7) is 9.27. The van der Waals surface area contributed by atoms with Gasteiger partial charge in [-0.1, -0.05) is 38.1 Å². The normalized spacial score (nSPS) is 10.5. The minimum Gasteiger partial charge on any atom is -0.366 e. The maximum absolute atomic E-state index is 4.66. The standard InChI is InChI=1S/C18H26N4/c1-4-12-22(13-5-2)18-19-11-10-17(21-18)20-14-16-9-7-6-8-15(16)3/h6-11H,4-5,12-14H2,1-3H3,(H,19,20,21). The number of aromatic nitrogens is 2. The fourth-order valence-corrected chi connectivity index (χ4v) is 2.45. The molecule has 0 radical (unpaired) electrons. The van der Waals surface area contributed by atoms with E-state index in [2.05, 4.69) is 65.2 Å². The Labute approximate surface area is 133 Å². The topological polar surface area (TPSA) is 41.1 Å². The molecule has 118 valence electrons. The van der Waals surface area contributed by atoms with Gasteiger partial charge in [0.2, 0.25) is 5.95 Å². The first kappa shape index (κ1) is 16.3. The van der Waals surface area contributed by atoms with Crippen LogP contribution >= 0.6 is 0 Å². The molecule has 0 amide bonds. The summed E-state index contributed by atoms with van der Waals surface area (Å²) in [5.41, 5.74) is 2.59. The second-order valence-corrected chi connectivity index (χ2v) is 5.51. The molecule has 0 saturated carbocycles. The van der Waals surface area contributed by atoms with E-state index in [0.717, 1.165) is 44.2 Å². The summed E-state index contributed by atoms with van der Waals surface area (Å²) in [6, 6.07) is 10.3. The van der Waals surface area contributed by atoms with Crippen molar-refractivity contribution >= 4 is 11.8 Å². The molecular formula is C18H26N4. The van der Waals surface area contributed by atoms with Gasteiger partial charge >= 0.3 is 0 Å². The van der Waals surface area contributed by atoms with Crippen molar-refractivity contribution < 1.29 is 0 Å². The van der Waals surface area contributed by atoms with Crippen molar-refractivity contribution in [1.29, 1.82) is 0 Å². The van der Waals surface area contributed by atoms with E-state index in [1.54, 1.807) is 0 Å². The number of hydrogen-bond donors (Lipinski definition) is 1. The number of benzene rings is 1. The highest BCUT2D eigenvalue weighted by Crippen LogP contribution is 2.14. The molecule has 0 aliphatic carbocycles. The van der Waals surface area contributed by atoms with E-state index in [4.69, 9.17) is 0 Å². The maximum atomic E-state index is 4.66. The lowest BCUT2D eigenvalue weighted by Gasteiger charge is -2.21. The summed E-state index contributed by atoms with van der Waals surface area (Å²) in [5, 5.41) is 3.40. The van der Waals surface area contributed by atoms with E-state index in [9.17, 15) is 0 Å². The molecule has 0 unspecified atom stereocenters. The molecule has 0 aliphatic heterocycles. The van der Waals surface area contributed by atoms with Gasteiger partial charge < -0.3 is 10.2 Å². The fraction of sp³-hybridized carbons (Fsp3) is 0.444. The highest BCUT2D eigenvalue weighted by Gasteiger charge is 2.08. The van der Waals surface area contributed by atoms with Crippen molar-refractivity contribution in [1.82, 2.24) is 9.97 Å². The van der Waals surface area contributed by atoms with Gasteiger partial charge in [0.25, 0.3) is 0 Å². The Balaban J connectivity index is 2.06. The van der Waals surface area contributed by atoms with Crippen LogP contribution < -0.4 is 10.2 Å². The molecule has 0 aliphatic rings. The van der Waals surface area contributed by atoms with E-state index in [-0.39, 0.29) is 0 Å². The summed E-state index contributed by atoms with van der Waals surface area (Å²) in [6.07, 6.45) is 4.04. The van der Waals surface area contributed by atoms with Crippen LogP contribution in [0.3, 0.4) is 0 Å². The largest absolute Gasteiger partial charge is 0.366 e. The van der Waals surface area contributed by atoms with Crippen molar-refractivity contribution in [2.75, 3.05) is 23.3 Å². The van der Waals surface area contributed by atoms with Crippen molar-refractivity contribution in [2.24, 2.45) is 0 Å². The van der Waals surface area contributed by atoms with Gasteiger partial charge in [-0.3, -0.25) is 0 Å². The van der Waals surface area contributed by atoms with Gasteiger partial charge in [-0.05, 0) is 37.0 Å². The predicted octanol–water partition coefficient (Wildman–Crippen LogP) is 4.02. The van der Waals surface area contributed by atoms with Crippen molar-refractivity contribution in [3.63, 3.8) is 0 Å². The van der Waals surface area contributed by atoms with E-state index < -0.39 is 0 Å². The second-order valence-electron chi connectivity index (χ2n) is 5.51. The maximum Gasteiger partial charge on any atom is 0.227 e. The van der Waals surface area contributed by atoms with Crippen LogP contribution in [0.2, 0.25) is 0 Å². The Morgan fingerprint density at radius 3 is 2.45 bits per heavy atom. The Bertz CT molecular complexity index is 577. The zero-order valence-electron chi connectivity index (χ0n) is 13.8. The van der Waals surface area contributed by atoms with Crippen LogP contribution in [0, 0.1) is 6.92 Å². The summed E-state index contributed by atoms with van der Waals surface area (Å²) in [7, 11) is 0. The minimum atomic E-state index is 0.782. The van der Waals surface area contributed by atoms with Crippen molar-refractivity contribution in [2.45, 2.75) is 40.2 Å². The minimum absolute atomic E-state index is 0.782. The van der Waals surface area contributed by atoms with Gasteiger partial charge in [0, 0.05) is 25.8 Å². The first-order chi connectivity index (χ1) is 10.7. The first-order valence-electron chi connectivity index (χ1n) is 8.11. The number of hydrogen-bond acceptors (Lipinski definition) is 4. The third-order valence-electron chi connectivity index (χ3n) is 3.63. The molecule has 0 atom stereocenters. The first-order valence-corrected chi connectivity index (χ1v) is 8.11. The summed E-state index contributed by atoms with van der Waals surface area (Å²) < 4.78 is 0. The van der Waals surface area contributed by atoms with E-state index in [0.29, 0.717) is 0 Å². The van der Waals surface area contributed by atoms with E-state index in [1.807, 2.05) is 12.3 Å². The Kier molecular flexibility index (Phi) is 6.19. The Morgan fingerprint density at radius 1 is 1.05 bits per heavy atom. The quantitative estimate of drug-likeness (QED) is 0.799. The summed E-state index contributed by atoms with van der Waals surface area (Å²) >= 11 is 0. The Morgan fingerprint density at radius 2 is 1.77 bits per heavy atom. The number of nitrogens with zero attached hydrogens (tertiary/aromatic N) is 3. The summed E-state index contributed by atoms with van der Waals surface area (Å²) in [5.74, 6) is 1.70. The molecule has 1 N–H and O–H groups in total. The van der Waals surface area contributed by atoms with E-state index in [1.165, 1.54) is 11.1 Å². The average Bonchev–Trinajstić information content (AvgIpc) is 2.54. The smallest absolute Gasteiger partial charge is 0.227 e. The van der Waals surface area contributed by atoms with Crippen LogP contribution in [0.5, 0.6) is 0 Å². The molecule has 2 rings (SSSR count). The highest BCUT2D eigenvalue weighted by molar-refractivity contribution is 5.42. The van der Waals surface area contributed by atoms with Gasteiger partial charge in [0.15, 0.2) is 0 Å². The lowest BCUT2D eigenvalue weighted by atomic mass is 10.1. The van der Waals surface area contributed by atoms with E-state index >= 15 is 0 Å². The van der Waals surface area contributed by atoms with Crippen LogP contribution in [-0.2, 0) is 6.54 Å². The number of nitrogens with one attached hydrogen (secondary N) is 1. The second kappa shape index (κ2) is 8.37. The molecule has 1 aromatic heterocycles. The number of aryl methyl sites for hydroxylation is 1. The van der Waals surface area contributed by atoms with Gasteiger partial charge in [-0.15, -0.1) is 0 Å². The third-order valence-corrected chi connectivity index (χ3v) is 3.63. The van der Waals surface area contributed by atoms with Crippen LogP contribution in [0.4, 0.5) is 11.8 Å².